The highest BCUT2D eigenvalue weighted by atomic mass is 19.1. The number of aliphatic hydroxyl groups excluding tert-OH is 2. The minimum atomic E-state index is -1.61. The van der Waals surface area contributed by atoms with E-state index in [0.29, 0.717) is 0 Å². The Morgan fingerprint density at radius 1 is 1.62 bits per heavy atom. The van der Waals surface area contributed by atoms with Gasteiger partial charge in [0.25, 0.3) is 0 Å². The van der Waals surface area contributed by atoms with Gasteiger partial charge in [0.2, 0.25) is 0 Å². The van der Waals surface area contributed by atoms with Gasteiger partial charge in [-0.15, -0.1) is 6.58 Å². The second kappa shape index (κ2) is 4.66. The Bertz CT molecular complexity index is 176. The second-order valence-electron chi connectivity index (χ2n) is 2.78. The lowest BCUT2D eigenvalue weighted by Gasteiger charge is -2.11. The number of rotatable bonds is 4. The SMILES string of the molecule is C=CCOC1O[C@@H](CO)[C@H](O)[C@H]1F. The molecule has 0 saturated carbocycles. The summed E-state index contributed by atoms with van der Waals surface area (Å²) in [6.45, 7) is 3.12. The third kappa shape index (κ3) is 2.25. The molecule has 2 N–H and O–H groups in total. The van der Waals surface area contributed by atoms with Crippen LogP contribution in [0.2, 0.25) is 0 Å². The summed E-state index contributed by atoms with van der Waals surface area (Å²) in [5.74, 6) is 0. The van der Waals surface area contributed by atoms with E-state index in [9.17, 15) is 4.39 Å². The van der Waals surface area contributed by atoms with E-state index in [2.05, 4.69) is 6.58 Å². The molecule has 1 heterocycles. The molecule has 0 aromatic rings. The van der Waals surface area contributed by atoms with Gasteiger partial charge < -0.3 is 19.7 Å². The van der Waals surface area contributed by atoms with Crippen molar-refractivity contribution >= 4 is 0 Å². The second-order valence-corrected chi connectivity index (χ2v) is 2.78. The van der Waals surface area contributed by atoms with Crippen LogP contribution in [0.3, 0.4) is 0 Å². The summed E-state index contributed by atoms with van der Waals surface area (Å²) in [4.78, 5) is 0. The minimum Gasteiger partial charge on any atom is -0.394 e. The quantitative estimate of drug-likeness (QED) is 0.595. The summed E-state index contributed by atoms with van der Waals surface area (Å²) in [6, 6.07) is 0. The highest BCUT2D eigenvalue weighted by Crippen LogP contribution is 2.24. The summed E-state index contributed by atoms with van der Waals surface area (Å²) in [7, 11) is 0. The van der Waals surface area contributed by atoms with E-state index >= 15 is 0 Å². The molecular weight excluding hydrogens is 179 g/mol. The lowest BCUT2D eigenvalue weighted by molar-refractivity contribution is -0.151. The largest absolute Gasteiger partial charge is 0.394 e. The lowest BCUT2D eigenvalue weighted by atomic mass is 10.2. The Morgan fingerprint density at radius 3 is 2.77 bits per heavy atom. The van der Waals surface area contributed by atoms with Crippen molar-refractivity contribution in [2.75, 3.05) is 13.2 Å². The molecular formula is C8H13FO4. The molecule has 0 aromatic carbocycles. The molecule has 4 atom stereocenters. The van der Waals surface area contributed by atoms with Crippen molar-refractivity contribution < 1.29 is 24.1 Å². The molecule has 1 saturated heterocycles. The average Bonchev–Trinajstić information content (AvgIpc) is 2.41. The van der Waals surface area contributed by atoms with Crippen LogP contribution in [-0.2, 0) is 9.47 Å². The van der Waals surface area contributed by atoms with Crippen LogP contribution in [0.1, 0.15) is 0 Å². The van der Waals surface area contributed by atoms with E-state index < -0.39 is 31.3 Å². The zero-order chi connectivity index (χ0) is 9.84. The van der Waals surface area contributed by atoms with Gasteiger partial charge in [-0.2, -0.15) is 0 Å². The highest BCUT2D eigenvalue weighted by Gasteiger charge is 2.44. The summed E-state index contributed by atoms with van der Waals surface area (Å²) in [5.41, 5.74) is 0. The van der Waals surface area contributed by atoms with Crippen molar-refractivity contribution in [1.29, 1.82) is 0 Å². The molecule has 0 spiro atoms. The van der Waals surface area contributed by atoms with E-state index in [1.54, 1.807) is 0 Å². The first kappa shape index (κ1) is 10.6. The average molecular weight is 192 g/mol. The monoisotopic (exact) mass is 192 g/mol. The summed E-state index contributed by atoms with van der Waals surface area (Å²) in [6.07, 6.45) is -3.48. The maximum Gasteiger partial charge on any atom is 0.192 e. The number of alkyl halides is 1. The maximum absolute atomic E-state index is 13.1. The van der Waals surface area contributed by atoms with Crippen molar-refractivity contribution in [2.24, 2.45) is 0 Å². The van der Waals surface area contributed by atoms with Crippen molar-refractivity contribution in [1.82, 2.24) is 0 Å². The topological polar surface area (TPSA) is 58.9 Å². The molecule has 1 rings (SSSR count). The standard InChI is InChI=1S/C8H13FO4/c1-2-3-12-8-6(9)7(11)5(4-10)13-8/h2,5-8,10-11H,1,3-4H2/t5-,6+,7-,8?/m0/s1. The number of ether oxygens (including phenoxy) is 2. The van der Waals surface area contributed by atoms with Crippen LogP contribution in [-0.4, -0.2) is 48.1 Å². The molecule has 5 heteroatoms. The first-order chi connectivity index (χ1) is 6.20. The third-order valence-electron chi connectivity index (χ3n) is 1.83. The van der Waals surface area contributed by atoms with E-state index in [4.69, 9.17) is 19.7 Å². The van der Waals surface area contributed by atoms with Crippen molar-refractivity contribution in [2.45, 2.75) is 24.7 Å². The Balaban J connectivity index is 2.45. The minimum absolute atomic E-state index is 0.149. The smallest absolute Gasteiger partial charge is 0.192 e. The zero-order valence-electron chi connectivity index (χ0n) is 7.10. The van der Waals surface area contributed by atoms with E-state index in [0.717, 1.165) is 0 Å². The molecule has 1 aliphatic heterocycles. The van der Waals surface area contributed by atoms with E-state index in [1.807, 2.05) is 0 Å². The lowest BCUT2D eigenvalue weighted by Crippen LogP contribution is -2.31. The fraction of sp³-hybridized carbons (Fsp3) is 0.750. The fourth-order valence-electron chi connectivity index (χ4n) is 1.14. The van der Waals surface area contributed by atoms with Crippen molar-refractivity contribution in [3.8, 4) is 0 Å². The van der Waals surface area contributed by atoms with Crippen molar-refractivity contribution in [3.63, 3.8) is 0 Å². The van der Waals surface area contributed by atoms with Gasteiger partial charge in [0.05, 0.1) is 13.2 Å². The molecule has 1 unspecified atom stereocenters. The van der Waals surface area contributed by atoms with Crippen LogP contribution in [0.4, 0.5) is 4.39 Å². The Labute approximate surface area is 75.6 Å². The molecule has 0 aromatic heterocycles. The normalized spacial score (nSPS) is 39.3. The van der Waals surface area contributed by atoms with Gasteiger partial charge in [-0.3, -0.25) is 0 Å². The van der Waals surface area contributed by atoms with E-state index in [-0.39, 0.29) is 6.61 Å². The Hall–Kier alpha value is -0.490. The van der Waals surface area contributed by atoms with Crippen LogP contribution >= 0.6 is 0 Å². The molecule has 0 aliphatic carbocycles. The number of hydrogen-bond donors (Lipinski definition) is 2. The first-order valence-corrected chi connectivity index (χ1v) is 4.01. The number of halogens is 1. The predicted molar refractivity (Wildman–Crippen MR) is 42.8 cm³/mol. The molecule has 1 aliphatic rings. The summed E-state index contributed by atoms with van der Waals surface area (Å²) in [5, 5.41) is 17.8. The van der Waals surface area contributed by atoms with Gasteiger partial charge in [-0.05, 0) is 0 Å². The molecule has 76 valence electrons. The molecule has 1 fully saturated rings. The summed E-state index contributed by atoms with van der Waals surface area (Å²) < 4.78 is 22.9. The van der Waals surface area contributed by atoms with Crippen LogP contribution in [0, 0.1) is 0 Å². The van der Waals surface area contributed by atoms with Gasteiger partial charge in [-0.1, -0.05) is 6.08 Å². The van der Waals surface area contributed by atoms with Crippen molar-refractivity contribution in [3.05, 3.63) is 12.7 Å². The Kier molecular flexibility index (Phi) is 3.80. The van der Waals surface area contributed by atoms with E-state index in [1.165, 1.54) is 6.08 Å². The first-order valence-electron chi connectivity index (χ1n) is 4.01. The molecule has 13 heavy (non-hydrogen) atoms. The van der Waals surface area contributed by atoms with Crippen LogP contribution in [0.25, 0.3) is 0 Å². The number of hydrogen-bond acceptors (Lipinski definition) is 4. The molecule has 0 amide bonds. The molecule has 0 radical (unpaired) electrons. The third-order valence-corrected chi connectivity index (χ3v) is 1.83. The van der Waals surface area contributed by atoms with Crippen LogP contribution in [0.5, 0.6) is 0 Å². The zero-order valence-corrected chi connectivity index (χ0v) is 7.10. The number of aliphatic hydroxyl groups is 2. The van der Waals surface area contributed by atoms with Gasteiger partial charge in [0.1, 0.15) is 12.2 Å². The Morgan fingerprint density at radius 2 is 2.31 bits per heavy atom. The summed E-state index contributed by atoms with van der Waals surface area (Å²) >= 11 is 0. The highest BCUT2D eigenvalue weighted by molar-refractivity contribution is 4.87. The fourth-order valence-corrected chi connectivity index (χ4v) is 1.14. The van der Waals surface area contributed by atoms with Gasteiger partial charge in [0.15, 0.2) is 12.5 Å². The van der Waals surface area contributed by atoms with Gasteiger partial charge >= 0.3 is 0 Å². The van der Waals surface area contributed by atoms with Crippen LogP contribution in [0.15, 0.2) is 12.7 Å². The van der Waals surface area contributed by atoms with Gasteiger partial charge in [0, 0.05) is 0 Å². The van der Waals surface area contributed by atoms with Crippen LogP contribution < -0.4 is 0 Å². The molecule has 4 nitrogen and oxygen atoms in total. The molecule has 0 bridgehead atoms. The predicted octanol–water partition coefficient (Wildman–Crippen LogP) is -0.395. The van der Waals surface area contributed by atoms with Gasteiger partial charge in [-0.25, -0.2) is 4.39 Å². The maximum atomic E-state index is 13.1.